The van der Waals surface area contributed by atoms with Crippen LogP contribution in [0, 0.1) is 36.4 Å². The van der Waals surface area contributed by atoms with Gasteiger partial charge in [0.25, 0.3) is 0 Å². The molecule has 0 unspecified atom stereocenters. The minimum absolute atomic E-state index is 0.164. The second-order valence-electron chi connectivity index (χ2n) is 9.25. The van der Waals surface area contributed by atoms with Crippen LogP contribution >= 0.6 is 0 Å². The predicted octanol–water partition coefficient (Wildman–Crippen LogP) is 8.24. The molecule has 0 amide bonds. The van der Waals surface area contributed by atoms with Gasteiger partial charge in [-0.05, 0) is 62.2 Å². The Morgan fingerprint density at radius 2 is 0.947 bits per heavy atom. The van der Waals surface area contributed by atoms with Crippen molar-refractivity contribution in [2.45, 2.75) is 13.7 Å². The van der Waals surface area contributed by atoms with Gasteiger partial charge >= 0.3 is 0 Å². The first kappa shape index (κ1) is 16.4. The van der Waals surface area contributed by atoms with E-state index in [-0.39, 0.29) is 22.3 Å². The van der Waals surface area contributed by atoms with E-state index in [0.717, 1.165) is 32.6 Å². The molecule has 0 saturated carbocycles. The minimum Gasteiger partial charge on any atom is -0.308 e. The van der Waals surface area contributed by atoms with E-state index in [1.165, 1.54) is 0 Å². The summed E-state index contributed by atoms with van der Waals surface area (Å²) in [6.07, 6.45) is 0. The molecule has 38 heavy (non-hydrogen) atoms. The van der Waals surface area contributed by atoms with Crippen molar-refractivity contribution < 1.29 is 8.22 Å². The number of benzene rings is 5. The van der Waals surface area contributed by atoms with Gasteiger partial charge in [-0.15, -0.1) is 0 Å². The highest BCUT2D eigenvalue weighted by atomic mass is 15.0. The Balaban J connectivity index is 1.54. The fraction of sp³-hybridized carbons (Fsp3) is 0.0588. The van der Waals surface area contributed by atoms with Crippen LogP contribution in [0.4, 0.5) is 0 Å². The van der Waals surface area contributed by atoms with Crippen LogP contribution < -0.4 is 0 Å². The number of nitrogens with zero attached hydrogens (tertiary/aromatic N) is 4. The molecule has 178 valence electrons. The molecule has 5 aromatic carbocycles. The summed E-state index contributed by atoms with van der Waals surface area (Å²) in [5, 5.41) is 24.2. The van der Waals surface area contributed by atoms with Gasteiger partial charge < -0.3 is 9.13 Å². The third kappa shape index (κ3) is 2.95. The van der Waals surface area contributed by atoms with Crippen molar-refractivity contribution in [2.24, 2.45) is 0 Å². The summed E-state index contributed by atoms with van der Waals surface area (Å²) in [6.45, 7) is -4.56. The molecule has 4 heteroatoms. The lowest BCUT2D eigenvalue weighted by atomic mass is 10.0. The van der Waals surface area contributed by atoms with Gasteiger partial charge in [0.1, 0.15) is 12.1 Å². The molecular weight excluding hydrogens is 464 g/mol. The van der Waals surface area contributed by atoms with Crippen LogP contribution in [-0.2, 0) is 0 Å². The van der Waals surface area contributed by atoms with Crippen molar-refractivity contribution in [3.8, 4) is 23.5 Å². The van der Waals surface area contributed by atoms with Crippen LogP contribution in [-0.4, -0.2) is 9.13 Å². The molecule has 0 bridgehead atoms. The number of rotatable bonds is 2. The van der Waals surface area contributed by atoms with E-state index in [1.54, 1.807) is 48.5 Å². The number of fused-ring (bicyclic) bond motifs is 6. The first-order chi connectivity index (χ1) is 21.0. The van der Waals surface area contributed by atoms with Crippen molar-refractivity contribution in [2.75, 3.05) is 0 Å². The fourth-order valence-electron chi connectivity index (χ4n) is 5.64. The van der Waals surface area contributed by atoms with Gasteiger partial charge in [-0.2, -0.15) is 10.5 Å². The molecule has 7 rings (SSSR count). The van der Waals surface area contributed by atoms with Crippen molar-refractivity contribution in [1.29, 1.82) is 10.5 Å². The Labute approximate surface area is 228 Å². The molecule has 0 spiro atoms. The van der Waals surface area contributed by atoms with Crippen LogP contribution in [0.3, 0.4) is 0 Å². The zero-order valence-electron chi connectivity index (χ0n) is 26.0. The number of nitriles is 2. The number of para-hydroxylation sites is 2. The van der Waals surface area contributed by atoms with Crippen LogP contribution in [0.25, 0.3) is 55.0 Å². The molecule has 0 fully saturated rings. The largest absolute Gasteiger partial charge is 0.308 e. The minimum atomic E-state index is -2.28. The summed E-state index contributed by atoms with van der Waals surface area (Å²) in [5.74, 6) is 0. The maximum atomic E-state index is 10.5. The molecule has 7 aromatic rings. The smallest absolute Gasteiger partial charge is 0.103 e. The Morgan fingerprint density at radius 1 is 0.526 bits per heavy atom. The van der Waals surface area contributed by atoms with Crippen molar-refractivity contribution in [3.63, 3.8) is 0 Å². The summed E-state index contributed by atoms with van der Waals surface area (Å²) in [7, 11) is 0. The molecule has 0 aliphatic heterocycles. The Morgan fingerprint density at radius 3 is 1.37 bits per heavy atom. The topological polar surface area (TPSA) is 57.4 Å². The van der Waals surface area contributed by atoms with Gasteiger partial charge in [0.15, 0.2) is 0 Å². The number of aryl methyl sites for hydroxylation is 2. The first-order valence-corrected chi connectivity index (χ1v) is 12.1. The van der Waals surface area contributed by atoms with Gasteiger partial charge in [-0.1, -0.05) is 59.7 Å². The summed E-state index contributed by atoms with van der Waals surface area (Å²) in [5.41, 5.74) is 4.71. The highest BCUT2D eigenvalue weighted by Gasteiger charge is 2.22. The summed E-state index contributed by atoms with van der Waals surface area (Å²) < 4.78 is 51.3. The third-order valence-corrected chi connectivity index (χ3v) is 7.21. The normalized spacial score (nSPS) is 14.4. The second-order valence-corrected chi connectivity index (χ2v) is 9.25. The van der Waals surface area contributed by atoms with E-state index in [4.69, 9.17) is 8.22 Å². The monoisotopic (exact) mass is 492 g/mol. The van der Waals surface area contributed by atoms with Crippen molar-refractivity contribution in [1.82, 2.24) is 9.13 Å². The number of aromatic nitrogens is 2. The maximum Gasteiger partial charge on any atom is 0.103 e. The van der Waals surface area contributed by atoms with Gasteiger partial charge in [0, 0.05) is 29.8 Å². The average Bonchev–Trinajstić information content (AvgIpc) is 3.51. The highest BCUT2D eigenvalue weighted by molar-refractivity contribution is 6.11. The molecule has 2 aromatic heterocycles. The van der Waals surface area contributed by atoms with E-state index in [2.05, 4.69) is 12.1 Å². The number of hydrogen-bond acceptors (Lipinski definition) is 2. The van der Waals surface area contributed by atoms with Gasteiger partial charge in [0.2, 0.25) is 0 Å². The van der Waals surface area contributed by atoms with E-state index in [0.29, 0.717) is 22.4 Å². The molecule has 0 aliphatic carbocycles. The molecule has 0 atom stereocenters. The van der Waals surface area contributed by atoms with E-state index in [9.17, 15) is 10.5 Å². The molecule has 0 saturated heterocycles. The molecule has 4 nitrogen and oxygen atoms in total. The van der Waals surface area contributed by atoms with Crippen molar-refractivity contribution in [3.05, 3.63) is 119 Å². The Hall–Kier alpha value is -5.32. The molecule has 0 N–H and O–H groups in total. The third-order valence-electron chi connectivity index (χ3n) is 7.21. The zero-order valence-corrected chi connectivity index (χ0v) is 20.0. The van der Waals surface area contributed by atoms with E-state index >= 15 is 0 Å². The quantitative estimate of drug-likeness (QED) is 0.244. The lowest BCUT2D eigenvalue weighted by Gasteiger charge is -2.16. The van der Waals surface area contributed by atoms with Crippen LogP contribution in [0.2, 0.25) is 0 Å². The van der Waals surface area contributed by atoms with Gasteiger partial charge in [0.05, 0.1) is 44.6 Å². The zero-order chi connectivity index (χ0) is 31.0. The summed E-state index contributed by atoms with van der Waals surface area (Å²) >= 11 is 0. The summed E-state index contributed by atoms with van der Waals surface area (Å²) in [6, 6.07) is 33.2. The van der Waals surface area contributed by atoms with Crippen LogP contribution in [0.5, 0.6) is 0 Å². The average molecular weight is 493 g/mol. The van der Waals surface area contributed by atoms with Gasteiger partial charge in [-0.3, -0.25) is 0 Å². The van der Waals surface area contributed by atoms with Crippen molar-refractivity contribution >= 4 is 43.6 Å². The van der Waals surface area contributed by atoms with Crippen LogP contribution in [0.1, 0.15) is 30.5 Å². The lowest BCUT2D eigenvalue weighted by molar-refractivity contribution is 1.12. The van der Waals surface area contributed by atoms with Crippen LogP contribution in [0.15, 0.2) is 97.1 Å². The maximum absolute atomic E-state index is 10.5. The summed E-state index contributed by atoms with van der Waals surface area (Å²) in [4.78, 5) is 0. The predicted molar refractivity (Wildman–Crippen MR) is 154 cm³/mol. The first-order valence-electron chi connectivity index (χ1n) is 15.1. The fourth-order valence-corrected chi connectivity index (χ4v) is 5.64. The standard InChI is InChI=1S/C34H22N4/c1-21-11-13-31-25(17-21)23-7-3-5-9-29(23)37(31)33-15-16-34(28(20-36)27(33)19-35)38-30-10-6-4-8-24(30)26-18-22(2)12-14-32(26)38/h3-18H,1-2H3/i1D3,2D3. The number of hydrogen-bond donors (Lipinski definition) is 0. The Kier molecular flexibility index (Phi) is 3.50. The molecule has 2 heterocycles. The highest BCUT2D eigenvalue weighted by Crippen LogP contribution is 2.38. The molecule has 0 aliphatic rings. The SMILES string of the molecule is [2H]C([2H])([2H])c1ccc2c(c1)c1ccccc1n2-c1ccc(-n2c3ccccc3c3cc(C([2H])([2H])[2H])ccc32)c(C#N)c1C#N. The molecular formula is C34H22N4. The van der Waals surface area contributed by atoms with E-state index < -0.39 is 13.7 Å². The lowest BCUT2D eigenvalue weighted by Crippen LogP contribution is -2.05. The molecule has 0 radical (unpaired) electrons. The Bertz CT molecular complexity index is 2230. The van der Waals surface area contributed by atoms with Gasteiger partial charge in [-0.25, -0.2) is 0 Å². The second kappa shape index (κ2) is 8.10. The van der Waals surface area contributed by atoms with E-state index in [1.807, 2.05) is 57.7 Å².